The van der Waals surface area contributed by atoms with Gasteiger partial charge in [0.25, 0.3) is 16.1 Å². The number of halogens is 1. The van der Waals surface area contributed by atoms with Crippen LogP contribution in [0.15, 0.2) is 47.0 Å². The van der Waals surface area contributed by atoms with Gasteiger partial charge in [-0.05, 0) is 89.9 Å². The Balaban J connectivity index is 1.38. The van der Waals surface area contributed by atoms with Crippen molar-refractivity contribution in [1.29, 1.82) is 0 Å². The van der Waals surface area contributed by atoms with Crippen molar-refractivity contribution in [3.8, 4) is 22.8 Å². The molecule has 0 saturated carbocycles. The maximum absolute atomic E-state index is 15.2. The maximum Gasteiger partial charge on any atom is 0.412 e. The zero-order valence-corrected chi connectivity index (χ0v) is 28.3. The zero-order valence-electron chi connectivity index (χ0n) is 27.4. The number of aromatic nitrogens is 2. The number of ether oxygens (including phenoxy) is 2. The number of nitrogens with zero attached hydrogens (tertiary/aromatic N) is 4. The summed E-state index contributed by atoms with van der Waals surface area (Å²) in [4.78, 5) is 41.9. The lowest BCUT2D eigenvalue weighted by molar-refractivity contribution is -0.139. The highest BCUT2D eigenvalue weighted by Gasteiger charge is 2.34. The van der Waals surface area contributed by atoms with Crippen LogP contribution in [0.5, 0.6) is 0 Å². The lowest BCUT2D eigenvalue weighted by atomic mass is 10.0. The van der Waals surface area contributed by atoms with Gasteiger partial charge < -0.3 is 24.0 Å². The van der Waals surface area contributed by atoms with E-state index in [1.807, 2.05) is 0 Å². The van der Waals surface area contributed by atoms with Crippen molar-refractivity contribution in [1.82, 2.24) is 24.1 Å². The number of benzene rings is 2. The van der Waals surface area contributed by atoms with Crippen molar-refractivity contribution in [3.05, 3.63) is 53.8 Å². The molecule has 4 rings (SSSR count). The van der Waals surface area contributed by atoms with Crippen LogP contribution in [0.3, 0.4) is 0 Å². The number of aliphatic carboxylic acids is 1. The van der Waals surface area contributed by atoms with Gasteiger partial charge in [-0.15, -0.1) is 0 Å². The van der Waals surface area contributed by atoms with Gasteiger partial charge in [-0.1, -0.05) is 11.2 Å². The summed E-state index contributed by atoms with van der Waals surface area (Å²) >= 11 is 0. The number of anilines is 1. The Hall–Kier alpha value is -4.61. The maximum atomic E-state index is 15.2. The second kappa shape index (κ2) is 14.2. The number of hydrogen-bond donors (Lipinski definition) is 3. The molecule has 1 fully saturated rings. The first-order chi connectivity index (χ1) is 22.3. The second-order valence-electron chi connectivity index (χ2n) is 13.0. The number of piperazine rings is 1. The Bertz CT molecular complexity index is 1740. The third-order valence-corrected chi connectivity index (χ3v) is 8.36. The summed E-state index contributed by atoms with van der Waals surface area (Å²) < 4.78 is 60.3. The molecule has 0 radical (unpaired) electrons. The second-order valence-corrected chi connectivity index (χ2v) is 14.7. The van der Waals surface area contributed by atoms with E-state index in [1.165, 1.54) is 17.0 Å². The summed E-state index contributed by atoms with van der Waals surface area (Å²) in [5.41, 5.74) is -0.206. The highest BCUT2D eigenvalue weighted by molar-refractivity contribution is 7.87. The van der Waals surface area contributed by atoms with Crippen molar-refractivity contribution < 1.29 is 46.3 Å². The molecule has 3 N–H and O–H groups in total. The first-order valence-corrected chi connectivity index (χ1v) is 16.4. The van der Waals surface area contributed by atoms with E-state index in [2.05, 4.69) is 20.2 Å². The van der Waals surface area contributed by atoms with E-state index in [9.17, 15) is 27.9 Å². The number of nitrogens with one attached hydrogen (secondary N) is 2. The summed E-state index contributed by atoms with van der Waals surface area (Å²) in [7, 11) is -4.26. The topological polar surface area (TPSA) is 193 Å². The highest BCUT2D eigenvalue weighted by Crippen LogP contribution is 2.26. The Morgan fingerprint density at radius 3 is 2.17 bits per heavy atom. The number of carbonyl (C=O) groups excluding carboxylic acids is 2. The molecule has 2 heterocycles. The standard InChI is InChI=1S/C31H39FN6O9S/c1-30(2,3)45-28(41)33-21-10-8-20(9-11-21)26-34-25(35-47-26)22-12-7-19(17-23(22)32)18-24(27(39)40)36-48(43,44)38-15-13-37(14-16-38)29(42)46-31(4,5)6/h7-12,17,24,36H,13-16,18H2,1-6H3,(H,33,41)(H,39,40). The number of carbonyl (C=O) groups is 3. The molecule has 0 bridgehead atoms. The van der Waals surface area contributed by atoms with E-state index in [1.54, 1.807) is 65.8 Å². The lowest BCUT2D eigenvalue weighted by Gasteiger charge is -2.35. The average Bonchev–Trinajstić information content (AvgIpc) is 3.45. The number of rotatable bonds is 9. The van der Waals surface area contributed by atoms with Gasteiger partial charge in [0.15, 0.2) is 0 Å². The summed E-state index contributed by atoms with van der Waals surface area (Å²) in [5.74, 6) is -2.21. The van der Waals surface area contributed by atoms with Gasteiger partial charge in [0.2, 0.25) is 5.82 Å². The minimum Gasteiger partial charge on any atom is -0.480 e. The smallest absolute Gasteiger partial charge is 0.412 e. The van der Waals surface area contributed by atoms with Gasteiger partial charge in [-0.25, -0.2) is 14.0 Å². The Kier molecular flexibility index (Phi) is 10.8. The van der Waals surface area contributed by atoms with Crippen LogP contribution in [0.2, 0.25) is 0 Å². The molecule has 1 aromatic heterocycles. The van der Waals surface area contributed by atoms with Gasteiger partial charge >= 0.3 is 18.2 Å². The van der Waals surface area contributed by atoms with Gasteiger partial charge in [0, 0.05) is 37.4 Å². The van der Waals surface area contributed by atoms with E-state index in [4.69, 9.17) is 14.0 Å². The van der Waals surface area contributed by atoms with Gasteiger partial charge in [-0.2, -0.15) is 22.4 Å². The van der Waals surface area contributed by atoms with E-state index in [0.717, 1.165) is 10.4 Å². The Morgan fingerprint density at radius 2 is 1.60 bits per heavy atom. The molecule has 1 aliphatic rings. The first-order valence-electron chi connectivity index (χ1n) is 15.0. The fourth-order valence-electron chi connectivity index (χ4n) is 4.54. The summed E-state index contributed by atoms with van der Waals surface area (Å²) in [6.45, 7) is 10.4. The molecular weight excluding hydrogens is 651 g/mol. The van der Waals surface area contributed by atoms with Crippen LogP contribution >= 0.6 is 0 Å². The molecule has 0 spiro atoms. The quantitative estimate of drug-likeness (QED) is 0.290. The third-order valence-electron chi connectivity index (χ3n) is 6.74. The van der Waals surface area contributed by atoms with Crippen molar-refractivity contribution in [3.63, 3.8) is 0 Å². The fraction of sp³-hybridized carbons (Fsp3) is 0.452. The fourth-order valence-corrected chi connectivity index (χ4v) is 5.88. The molecule has 2 amide bonds. The first kappa shape index (κ1) is 36.2. The van der Waals surface area contributed by atoms with Gasteiger partial charge in [0.1, 0.15) is 23.1 Å². The molecule has 2 aromatic carbocycles. The molecule has 48 heavy (non-hydrogen) atoms. The molecule has 1 atom stereocenters. The number of hydrogen-bond acceptors (Lipinski definition) is 10. The molecule has 17 heteroatoms. The van der Waals surface area contributed by atoms with Crippen LogP contribution in [0.4, 0.5) is 19.7 Å². The van der Waals surface area contributed by atoms with Crippen LogP contribution in [0, 0.1) is 5.82 Å². The third kappa shape index (κ3) is 9.95. The van der Waals surface area contributed by atoms with Crippen molar-refractivity contribution in [2.24, 2.45) is 0 Å². The zero-order chi connectivity index (χ0) is 35.4. The molecule has 1 aliphatic heterocycles. The van der Waals surface area contributed by atoms with Crippen LogP contribution in [0.1, 0.15) is 47.1 Å². The molecule has 3 aromatic rings. The Labute approximate surface area is 277 Å². The van der Waals surface area contributed by atoms with Crippen molar-refractivity contribution in [2.75, 3.05) is 31.5 Å². The lowest BCUT2D eigenvalue weighted by Crippen LogP contribution is -2.56. The predicted octanol–water partition coefficient (Wildman–Crippen LogP) is 4.27. The van der Waals surface area contributed by atoms with Crippen molar-refractivity contribution >= 4 is 34.1 Å². The van der Waals surface area contributed by atoms with E-state index in [-0.39, 0.29) is 55.4 Å². The minimum absolute atomic E-state index is 0.0210. The SMILES string of the molecule is CC(C)(C)OC(=O)Nc1ccc(-c2nc(-c3ccc(CC(NS(=O)(=O)N4CCN(C(=O)OC(C)(C)C)CC4)C(=O)O)cc3F)no2)cc1. The normalized spacial score (nSPS) is 15.1. The Morgan fingerprint density at radius 1 is 0.979 bits per heavy atom. The van der Waals surface area contributed by atoms with E-state index in [0.29, 0.717) is 11.3 Å². The summed E-state index contributed by atoms with van der Waals surface area (Å²) in [5, 5.41) is 16.2. The van der Waals surface area contributed by atoms with Gasteiger partial charge in [0.05, 0.1) is 5.56 Å². The molecule has 1 unspecified atom stereocenters. The molecule has 0 aliphatic carbocycles. The monoisotopic (exact) mass is 690 g/mol. The van der Waals surface area contributed by atoms with E-state index >= 15 is 4.39 Å². The predicted molar refractivity (Wildman–Crippen MR) is 172 cm³/mol. The summed E-state index contributed by atoms with van der Waals surface area (Å²) in [6, 6.07) is 8.71. The van der Waals surface area contributed by atoms with Crippen LogP contribution < -0.4 is 10.0 Å². The minimum atomic E-state index is -4.26. The highest BCUT2D eigenvalue weighted by atomic mass is 32.2. The molecule has 260 valence electrons. The van der Waals surface area contributed by atoms with Crippen LogP contribution in [-0.2, 0) is 30.9 Å². The number of amides is 2. The van der Waals surface area contributed by atoms with Crippen LogP contribution in [0.25, 0.3) is 22.8 Å². The number of carboxylic acids is 1. The van der Waals surface area contributed by atoms with Crippen molar-refractivity contribution in [2.45, 2.75) is 65.2 Å². The van der Waals surface area contributed by atoms with Gasteiger partial charge in [-0.3, -0.25) is 10.1 Å². The van der Waals surface area contributed by atoms with E-state index < -0.39 is 51.4 Å². The largest absolute Gasteiger partial charge is 0.480 e. The molecular formula is C31H39FN6O9S. The molecule has 15 nitrogen and oxygen atoms in total. The average molecular weight is 691 g/mol. The van der Waals surface area contributed by atoms with Crippen LogP contribution in [-0.4, -0.2) is 94.4 Å². The summed E-state index contributed by atoms with van der Waals surface area (Å²) in [6.07, 6.45) is -1.54. The number of carboxylic acid groups (broad SMARTS) is 1. The molecule has 1 saturated heterocycles.